The van der Waals surface area contributed by atoms with Crippen LogP contribution in [-0.2, 0) is 0 Å². The average Bonchev–Trinajstić information content (AvgIpc) is 2.96. The highest BCUT2D eigenvalue weighted by molar-refractivity contribution is 7.99. The Labute approximate surface area is 175 Å². The van der Waals surface area contributed by atoms with E-state index in [0.29, 0.717) is 23.7 Å². The summed E-state index contributed by atoms with van der Waals surface area (Å²) in [4.78, 5) is 29.6. The number of para-hydroxylation sites is 1. The van der Waals surface area contributed by atoms with Crippen molar-refractivity contribution in [3.63, 3.8) is 0 Å². The first kappa shape index (κ1) is 19.8. The third-order valence-corrected chi connectivity index (χ3v) is 6.88. The number of fused-ring (bicyclic) bond motifs is 1. The Morgan fingerprint density at radius 2 is 1.86 bits per heavy atom. The maximum Gasteiger partial charge on any atom is 0.293 e. The smallest absolute Gasteiger partial charge is 0.293 e. The zero-order valence-corrected chi connectivity index (χ0v) is 17.4. The summed E-state index contributed by atoms with van der Waals surface area (Å²) in [5.74, 6) is 1.42. The lowest BCUT2D eigenvalue weighted by atomic mass is 9.98. The van der Waals surface area contributed by atoms with Gasteiger partial charge in [-0.1, -0.05) is 19.1 Å². The molecule has 2 aromatic carbocycles. The summed E-state index contributed by atoms with van der Waals surface area (Å²) in [7, 11) is 0. The average molecular weight is 412 g/mol. The summed E-state index contributed by atoms with van der Waals surface area (Å²) in [5, 5.41) is 11.8. The van der Waals surface area contributed by atoms with E-state index in [9.17, 15) is 14.9 Å². The number of nitro groups is 1. The zero-order chi connectivity index (χ0) is 20.4. The number of nitro benzene ring substituents is 1. The molecular weight excluding hydrogens is 386 g/mol. The van der Waals surface area contributed by atoms with Crippen LogP contribution in [0.3, 0.4) is 0 Å². The molecule has 2 aromatic rings. The molecule has 1 amide bonds. The fraction of sp³-hybridized carbons (Fsp3) is 0.409. The molecule has 0 atom stereocenters. The number of anilines is 2. The third-order valence-electron chi connectivity index (χ3n) is 5.73. The molecular formula is C22H25N3O3S. The number of piperidine rings is 1. The number of amides is 1. The largest absolute Gasteiger partial charge is 0.366 e. The van der Waals surface area contributed by atoms with E-state index in [1.807, 2.05) is 24.3 Å². The molecule has 4 rings (SSSR count). The van der Waals surface area contributed by atoms with E-state index in [4.69, 9.17) is 0 Å². The van der Waals surface area contributed by atoms with E-state index in [2.05, 4.69) is 11.8 Å². The highest BCUT2D eigenvalue weighted by Crippen LogP contribution is 2.36. The molecule has 29 heavy (non-hydrogen) atoms. The summed E-state index contributed by atoms with van der Waals surface area (Å²) in [5.41, 5.74) is 1.89. The minimum Gasteiger partial charge on any atom is -0.366 e. The second-order valence-corrected chi connectivity index (χ2v) is 8.89. The van der Waals surface area contributed by atoms with Crippen LogP contribution in [0.5, 0.6) is 0 Å². The van der Waals surface area contributed by atoms with Crippen molar-refractivity contribution < 1.29 is 9.72 Å². The molecule has 0 saturated carbocycles. The van der Waals surface area contributed by atoms with Crippen LogP contribution in [0.15, 0.2) is 47.4 Å². The van der Waals surface area contributed by atoms with Gasteiger partial charge in [-0.15, -0.1) is 11.8 Å². The number of thioether (sulfide) groups is 1. The first-order chi connectivity index (χ1) is 14.0. The molecule has 2 heterocycles. The van der Waals surface area contributed by atoms with Crippen LogP contribution >= 0.6 is 11.8 Å². The molecule has 0 spiro atoms. The maximum atomic E-state index is 13.3. The number of benzene rings is 2. The van der Waals surface area contributed by atoms with Gasteiger partial charge >= 0.3 is 0 Å². The van der Waals surface area contributed by atoms with Gasteiger partial charge < -0.3 is 9.80 Å². The zero-order valence-electron chi connectivity index (χ0n) is 16.5. The predicted octanol–water partition coefficient (Wildman–Crippen LogP) is 4.97. The number of hydrogen-bond donors (Lipinski definition) is 0. The van der Waals surface area contributed by atoms with Crippen LogP contribution < -0.4 is 9.80 Å². The Bertz CT molecular complexity index is 925. The third kappa shape index (κ3) is 4.10. The molecule has 1 saturated heterocycles. The van der Waals surface area contributed by atoms with Crippen molar-refractivity contribution >= 4 is 34.7 Å². The summed E-state index contributed by atoms with van der Waals surface area (Å²) >= 11 is 1.75. The van der Waals surface area contributed by atoms with Crippen molar-refractivity contribution in [1.29, 1.82) is 0 Å². The minimum absolute atomic E-state index is 0.0166. The molecule has 2 aliphatic heterocycles. The van der Waals surface area contributed by atoms with Crippen molar-refractivity contribution in [3.05, 3.63) is 58.1 Å². The Hall–Kier alpha value is -2.54. The Balaban J connectivity index is 1.66. The van der Waals surface area contributed by atoms with Gasteiger partial charge in [0, 0.05) is 36.2 Å². The first-order valence-corrected chi connectivity index (χ1v) is 11.1. The van der Waals surface area contributed by atoms with Gasteiger partial charge in [0.05, 0.1) is 10.6 Å². The number of hydrogen-bond acceptors (Lipinski definition) is 5. The van der Waals surface area contributed by atoms with E-state index in [1.54, 1.807) is 28.8 Å². The van der Waals surface area contributed by atoms with Crippen molar-refractivity contribution in [2.75, 3.05) is 35.2 Å². The number of carbonyl (C=O) groups is 1. The fourth-order valence-corrected chi connectivity index (χ4v) is 5.01. The minimum atomic E-state index is -0.365. The van der Waals surface area contributed by atoms with E-state index < -0.39 is 0 Å². The molecule has 7 heteroatoms. The molecule has 0 aliphatic carbocycles. The van der Waals surface area contributed by atoms with E-state index in [1.165, 1.54) is 6.07 Å². The van der Waals surface area contributed by atoms with Gasteiger partial charge in [0.1, 0.15) is 5.69 Å². The summed E-state index contributed by atoms with van der Waals surface area (Å²) < 4.78 is 0. The predicted molar refractivity (Wildman–Crippen MR) is 117 cm³/mol. The molecule has 0 unspecified atom stereocenters. The molecule has 2 aliphatic rings. The van der Waals surface area contributed by atoms with Gasteiger partial charge in [0.25, 0.3) is 11.6 Å². The molecule has 0 bridgehead atoms. The lowest BCUT2D eigenvalue weighted by Gasteiger charge is -2.32. The van der Waals surface area contributed by atoms with Gasteiger partial charge in [-0.05, 0) is 55.2 Å². The summed E-state index contributed by atoms with van der Waals surface area (Å²) in [6.45, 7) is 4.45. The maximum absolute atomic E-state index is 13.3. The second kappa shape index (κ2) is 8.45. The first-order valence-electron chi connectivity index (χ1n) is 10.1. The van der Waals surface area contributed by atoms with Crippen LogP contribution in [0.2, 0.25) is 0 Å². The number of carbonyl (C=O) groups excluding carboxylic acids is 1. The van der Waals surface area contributed by atoms with E-state index in [-0.39, 0.29) is 16.5 Å². The van der Waals surface area contributed by atoms with Gasteiger partial charge in [-0.3, -0.25) is 14.9 Å². The summed E-state index contributed by atoms with van der Waals surface area (Å²) in [6.07, 6.45) is 2.94. The quantitative estimate of drug-likeness (QED) is 0.527. The molecule has 1 fully saturated rings. The normalized spacial score (nSPS) is 17.6. The van der Waals surface area contributed by atoms with E-state index in [0.717, 1.165) is 48.7 Å². The van der Waals surface area contributed by atoms with Gasteiger partial charge in [-0.25, -0.2) is 0 Å². The molecule has 0 aromatic heterocycles. The standard InChI is InChI=1S/C22H25N3O3S/c1-16-9-12-23(13-10-16)18-8-7-17(15-20(18)25(27)28)22(26)24-11-4-14-29-21-6-3-2-5-19(21)24/h2-3,5-8,15-16H,4,9-14H2,1H3. The van der Waals surface area contributed by atoms with Crippen molar-refractivity contribution in [2.45, 2.75) is 31.1 Å². The van der Waals surface area contributed by atoms with Crippen molar-refractivity contribution in [2.24, 2.45) is 5.92 Å². The second-order valence-electron chi connectivity index (χ2n) is 7.76. The highest BCUT2D eigenvalue weighted by Gasteiger charge is 2.27. The molecule has 6 nitrogen and oxygen atoms in total. The van der Waals surface area contributed by atoms with Gasteiger partial charge in [0.15, 0.2) is 0 Å². The molecule has 0 N–H and O–H groups in total. The topological polar surface area (TPSA) is 66.7 Å². The highest BCUT2D eigenvalue weighted by atomic mass is 32.2. The van der Waals surface area contributed by atoms with Crippen LogP contribution in [0.4, 0.5) is 17.1 Å². The van der Waals surface area contributed by atoms with Crippen molar-refractivity contribution in [1.82, 2.24) is 0 Å². The summed E-state index contributed by atoms with van der Waals surface area (Å²) in [6, 6.07) is 12.8. The van der Waals surface area contributed by atoms with Crippen LogP contribution in [0.25, 0.3) is 0 Å². The Morgan fingerprint density at radius 1 is 1.10 bits per heavy atom. The van der Waals surface area contributed by atoms with Crippen LogP contribution in [-0.4, -0.2) is 36.2 Å². The number of rotatable bonds is 3. The lowest BCUT2D eigenvalue weighted by molar-refractivity contribution is -0.384. The Kier molecular flexibility index (Phi) is 5.76. The van der Waals surface area contributed by atoms with Gasteiger partial charge in [0.2, 0.25) is 0 Å². The monoisotopic (exact) mass is 411 g/mol. The Morgan fingerprint density at radius 3 is 2.62 bits per heavy atom. The molecule has 152 valence electrons. The number of nitrogens with zero attached hydrogens (tertiary/aromatic N) is 3. The molecule has 0 radical (unpaired) electrons. The lowest BCUT2D eigenvalue weighted by Crippen LogP contribution is -2.34. The van der Waals surface area contributed by atoms with Crippen LogP contribution in [0.1, 0.15) is 36.5 Å². The fourth-order valence-electron chi connectivity index (χ4n) is 4.01. The van der Waals surface area contributed by atoms with E-state index >= 15 is 0 Å². The SMILES string of the molecule is CC1CCN(c2ccc(C(=O)N3CCCSc4ccccc43)cc2[N+](=O)[O-])CC1. The van der Waals surface area contributed by atoms with Crippen molar-refractivity contribution in [3.8, 4) is 0 Å². The van der Waals surface area contributed by atoms with Gasteiger partial charge in [-0.2, -0.15) is 0 Å². The van der Waals surface area contributed by atoms with Crippen LogP contribution in [0, 0.1) is 16.0 Å².